The molecule has 1 saturated heterocycles. The molecule has 1 aliphatic heterocycles. The van der Waals surface area contributed by atoms with Crippen LogP contribution < -0.4 is 15.5 Å². The molecule has 7 nitrogen and oxygen atoms in total. The molecule has 1 aromatic heterocycles. The minimum absolute atomic E-state index is 0.120. The first-order chi connectivity index (χ1) is 13.9. The number of thioether (sulfide) groups is 1. The molecule has 2 aromatic rings. The normalized spacial score (nSPS) is 17.3. The molecule has 30 heavy (non-hydrogen) atoms. The van der Waals surface area contributed by atoms with Crippen molar-refractivity contribution < 1.29 is 27.5 Å². The van der Waals surface area contributed by atoms with Gasteiger partial charge >= 0.3 is 6.36 Å². The van der Waals surface area contributed by atoms with E-state index in [1.165, 1.54) is 28.8 Å². The number of benzene rings is 1. The zero-order valence-electron chi connectivity index (χ0n) is 16.4. The molecule has 2 N–H and O–H groups in total. The molecule has 11 heteroatoms. The number of carbonyl (C=O) groups excluding carboxylic acids is 2. The second kappa shape index (κ2) is 7.86. The monoisotopic (exact) mass is 443 g/mol. The summed E-state index contributed by atoms with van der Waals surface area (Å²) in [7, 11) is 0. The topological polar surface area (TPSA) is 91.5 Å². The highest BCUT2D eigenvalue weighted by molar-refractivity contribution is 7.99. The molecule has 0 unspecified atom stereocenters. The Kier molecular flexibility index (Phi) is 5.76. The van der Waals surface area contributed by atoms with Crippen LogP contribution in [0.1, 0.15) is 31.1 Å². The molecule has 162 valence electrons. The lowest BCUT2D eigenvalue weighted by atomic mass is 10.1. The van der Waals surface area contributed by atoms with E-state index in [2.05, 4.69) is 15.0 Å². The van der Waals surface area contributed by atoms with Crippen molar-refractivity contribution in [3.05, 3.63) is 40.2 Å². The van der Waals surface area contributed by atoms with Crippen LogP contribution in [0, 0.1) is 0 Å². The molecule has 0 spiro atoms. The fourth-order valence-electron chi connectivity index (χ4n) is 3.06. The number of amides is 2. The molecule has 3 rings (SSSR count). The summed E-state index contributed by atoms with van der Waals surface area (Å²) in [6.07, 6.45) is -3.88. The molecule has 1 atom stereocenters. The van der Waals surface area contributed by atoms with Crippen molar-refractivity contribution in [2.75, 3.05) is 11.6 Å². The van der Waals surface area contributed by atoms with Crippen LogP contribution in [-0.4, -0.2) is 51.3 Å². The van der Waals surface area contributed by atoms with Gasteiger partial charge in [-0.25, -0.2) is 0 Å². The number of nitrogens with zero attached hydrogens (tertiary/aromatic N) is 1. The van der Waals surface area contributed by atoms with E-state index < -0.39 is 35.0 Å². The zero-order chi connectivity index (χ0) is 22.3. The lowest BCUT2D eigenvalue weighted by Gasteiger charge is -2.27. The van der Waals surface area contributed by atoms with Gasteiger partial charge in [-0.15, -0.1) is 24.9 Å². The summed E-state index contributed by atoms with van der Waals surface area (Å²) in [4.78, 5) is 42.2. The molecule has 0 aliphatic carbocycles. The number of hydrogen-bond donors (Lipinski definition) is 2. The first-order valence-electron chi connectivity index (χ1n) is 8.98. The summed E-state index contributed by atoms with van der Waals surface area (Å²) in [6.45, 7) is 5.44. The van der Waals surface area contributed by atoms with Crippen LogP contribution in [0.3, 0.4) is 0 Å². The number of aromatic amines is 1. The van der Waals surface area contributed by atoms with Gasteiger partial charge in [0.15, 0.2) is 5.75 Å². The number of nitrogens with one attached hydrogen (secondary N) is 2. The number of para-hydroxylation sites is 1. The van der Waals surface area contributed by atoms with Gasteiger partial charge in [-0.2, -0.15) is 0 Å². The highest BCUT2D eigenvalue weighted by atomic mass is 32.2. The summed E-state index contributed by atoms with van der Waals surface area (Å²) in [6, 6.07) is 2.85. The van der Waals surface area contributed by atoms with Crippen LogP contribution in [0.15, 0.2) is 29.2 Å². The quantitative estimate of drug-likeness (QED) is 0.761. The number of hydrogen-bond acceptors (Lipinski definition) is 5. The van der Waals surface area contributed by atoms with Gasteiger partial charge in [-0.05, 0) is 32.9 Å². The zero-order valence-corrected chi connectivity index (χ0v) is 17.2. The number of aromatic nitrogens is 1. The van der Waals surface area contributed by atoms with E-state index in [4.69, 9.17) is 0 Å². The molecular formula is C19H20F3N3O4S. The van der Waals surface area contributed by atoms with Gasteiger partial charge in [-0.3, -0.25) is 14.4 Å². The van der Waals surface area contributed by atoms with Gasteiger partial charge in [0.25, 0.3) is 5.91 Å². The predicted octanol–water partition coefficient (Wildman–Crippen LogP) is 2.86. The van der Waals surface area contributed by atoms with E-state index in [1.807, 2.05) is 20.8 Å². The number of alkyl halides is 3. The van der Waals surface area contributed by atoms with Gasteiger partial charge in [0.05, 0.1) is 16.8 Å². The average Bonchev–Trinajstić information content (AvgIpc) is 3.09. The third-order valence-electron chi connectivity index (χ3n) is 4.28. The van der Waals surface area contributed by atoms with Gasteiger partial charge in [0.2, 0.25) is 11.3 Å². The highest BCUT2D eigenvalue weighted by Crippen LogP contribution is 2.29. The third-order valence-corrected chi connectivity index (χ3v) is 5.29. The number of H-pyrrole nitrogens is 1. The van der Waals surface area contributed by atoms with Gasteiger partial charge in [0.1, 0.15) is 11.6 Å². The van der Waals surface area contributed by atoms with Crippen molar-refractivity contribution in [1.29, 1.82) is 0 Å². The standard InChI is InChI=1S/C19H20F3N3O4S/c1-18(2,3)24-16(27)12-8-30-9-25(12)17(28)11-7-23-14-10(15(11)26)5-4-6-13(14)29-19(20,21)22/h4-7,12H,8-9H2,1-3H3,(H,23,26)(H,24,27)/t12-/m0/s1. The van der Waals surface area contributed by atoms with Crippen molar-refractivity contribution in [2.45, 2.75) is 38.7 Å². The lowest BCUT2D eigenvalue weighted by Crippen LogP contribution is -2.52. The first-order valence-corrected chi connectivity index (χ1v) is 10.1. The smallest absolute Gasteiger partial charge is 0.404 e. The maximum absolute atomic E-state index is 13.0. The van der Waals surface area contributed by atoms with Gasteiger partial charge in [0, 0.05) is 17.5 Å². The Balaban J connectivity index is 1.95. The average molecular weight is 443 g/mol. The molecule has 1 aromatic carbocycles. The molecule has 1 aliphatic rings. The number of ether oxygens (including phenoxy) is 1. The fourth-order valence-corrected chi connectivity index (χ4v) is 4.21. The molecule has 2 heterocycles. The number of halogens is 3. The van der Waals surface area contributed by atoms with Crippen LogP contribution in [0.5, 0.6) is 5.75 Å². The van der Waals surface area contributed by atoms with E-state index in [0.717, 1.165) is 12.3 Å². The Bertz CT molecular complexity index is 1050. The van der Waals surface area contributed by atoms with Crippen LogP contribution in [0.2, 0.25) is 0 Å². The van der Waals surface area contributed by atoms with E-state index in [-0.39, 0.29) is 28.3 Å². The second-order valence-electron chi connectivity index (χ2n) is 7.79. The van der Waals surface area contributed by atoms with Crippen molar-refractivity contribution in [3.8, 4) is 5.75 Å². The molecular weight excluding hydrogens is 423 g/mol. The molecule has 0 saturated carbocycles. The van der Waals surface area contributed by atoms with Crippen molar-refractivity contribution in [2.24, 2.45) is 0 Å². The lowest BCUT2D eigenvalue weighted by molar-refractivity contribution is -0.274. The number of carbonyl (C=O) groups is 2. The molecule has 0 bridgehead atoms. The minimum Gasteiger partial charge on any atom is -0.404 e. The summed E-state index contributed by atoms with van der Waals surface area (Å²) in [5, 5.41) is 2.70. The first kappa shape index (κ1) is 22.0. The Hall–Kier alpha value is -2.69. The predicted molar refractivity (Wildman–Crippen MR) is 106 cm³/mol. The van der Waals surface area contributed by atoms with Crippen molar-refractivity contribution in [1.82, 2.24) is 15.2 Å². The van der Waals surface area contributed by atoms with Gasteiger partial charge in [-0.1, -0.05) is 6.07 Å². The van der Waals surface area contributed by atoms with Crippen molar-refractivity contribution in [3.63, 3.8) is 0 Å². The SMILES string of the molecule is CC(C)(C)NC(=O)[C@@H]1CSCN1C(=O)c1c[nH]c2c(OC(F)(F)F)cccc2c1=O. The van der Waals surface area contributed by atoms with Gasteiger partial charge < -0.3 is 19.9 Å². The van der Waals surface area contributed by atoms with E-state index in [1.54, 1.807) is 0 Å². The van der Waals surface area contributed by atoms with Crippen LogP contribution in [-0.2, 0) is 4.79 Å². The van der Waals surface area contributed by atoms with Crippen molar-refractivity contribution >= 4 is 34.5 Å². The summed E-state index contributed by atoms with van der Waals surface area (Å²) < 4.78 is 41.8. The Labute approximate surface area is 174 Å². The summed E-state index contributed by atoms with van der Waals surface area (Å²) >= 11 is 1.37. The number of pyridine rings is 1. The fraction of sp³-hybridized carbons (Fsp3) is 0.421. The Morgan fingerprint density at radius 1 is 1.27 bits per heavy atom. The van der Waals surface area contributed by atoms with E-state index in [0.29, 0.717) is 5.75 Å². The van der Waals surface area contributed by atoms with Crippen LogP contribution in [0.4, 0.5) is 13.2 Å². The maximum Gasteiger partial charge on any atom is 0.573 e. The molecule has 2 amide bonds. The Morgan fingerprint density at radius 2 is 1.97 bits per heavy atom. The highest BCUT2D eigenvalue weighted by Gasteiger charge is 2.37. The largest absolute Gasteiger partial charge is 0.573 e. The number of fused-ring (bicyclic) bond motifs is 1. The van der Waals surface area contributed by atoms with E-state index >= 15 is 0 Å². The second-order valence-corrected chi connectivity index (χ2v) is 8.79. The summed E-state index contributed by atoms with van der Waals surface area (Å²) in [5.74, 6) is -0.980. The number of rotatable bonds is 3. The molecule has 1 fully saturated rings. The summed E-state index contributed by atoms with van der Waals surface area (Å²) in [5.41, 5.74) is -1.67. The molecule has 0 radical (unpaired) electrons. The Morgan fingerprint density at radius 3 is 2.60 bits per heavy atom. The van der Waals surface area contributed by atoms with E-state index in [9.17, 15) is 27.6 Å². The minimum atomic E-state index is -4.93. The van der Waals surface area contributed by atoms with Crippen LogP contribution >= 0.6 is 11.8 Å². The maximum atomic E-state index is 13.0. The van der Waals surface area contributed by atoms with Crippen LogP contribution in [0.25, 0.3) is 10.9 Å². The third kappa shape index (κ3) is 4.72.